The lowest BCUT2D eigenvalue weighted by Crippen LogP contribution is -2.25. The second kappa shape index (κ2) is 8.51. The zero-order valence-electron chi connectivity index (χ0n) is 13.9. The van der Waals surface area contributed by atoms with Crippen LogP contribution in [0.3, 0.4) is 0 Å². The fourth-order valence-electron chi connectivity index (χ4n) is 2.40. The van der Waals surface area contributed by atoms with Gasteiger partial charge in [0.15, 0.2) is 0 Å². The summed E-state index contributed by atoms with van der Waals surface area (Å²) in [5, 5.41) is 2.62. The van der Waals surface area contributed by atoms with Gasteiger partial charge in [-0.05, 0) is 36.9 Å². The van der Waals surface area contributed by atoms with Gasteiger partial charge in [0, 0.05) is 24.5 Å². The van der Waals surface area contributed by atoms with E-state index < -0.39 is 23.5 Å². The number of benzene rings is 2. The maximum atomic E-state index is 13.6. The topological polar surface area (TPSA) is 32.3 Å². The van der Waals surface area contributed by atoms with Crippen LogP contribution in [0.15, 0.2) is 42.5 Å². The Bertz CT molecular complexity index is 780. The number of nitrogens with zero attached hydrogens (tertiary/aromatic N) is 1. The molecule has 0 atom stereocenters. The minimum atomic E-state index is -4.43. The molecule has 3 nitrogen and oxygen atoms in total. The van der Waals surface area contributed by atoms with Crippen molar-refractivity contribution < 1.29 is 22.4 Å². The smallest absolute Gasteiger partial charge is 0.324 e. The molecular weight excluding hydrogens is 372 g/mol. The number of halogens is 5. The van der Waals surface area contributed by atoms with E-state index in [-0.39, 0.29) is 35.8 Å². The van der Waals surface area contributed by atoms with Gasteiger partial charge in [0.2, 0.25) is 5.91 Å². The number of carbonyl (C=O) groups excluding carboxylic acids is 1. The highest BCUT2D eigenvalue weighted by Gasteiger charge is 2.32. The van der Waals surface area contributed by atoms with Gasteiger partial charge in [0.25, 0.3) is 0 Å². The predicted octanol–water partition coefficient (Wildman–Crippen LogP) is 4.96. The van der Waals surface area contributed by atoms with Crippen molar-refractivity contribution in [1.29, 1.82) is 0 Å². The molecule has 26 heavy (non-hydrogen) atoms. The standard InChI is InChI=1S/C18H17ClF4N2O/c1-25(11-12-4-2-3-5-14(12)18(21,22)23)9-8-17(26)24-16-7-6-13(19)10-15(16)20/h2-7,10H,8-9,11H2,1H3,(H,24,26). The van der Waals surface area contributed by atoms with Crippen molar-refractivity contribution >= 4 is 23.2 Å². The molecule has 2 rings (SSSR count). The lowest BCUT2D eigenvalue weighted by atomic mass is 10.1. The maximum absolute atomic E-state index is 13.6. The first-order valence-electron chi connectivity index (χ1n) is 7.75. The van der Waals surface area contributed by atoms with Crippen molar-refractivity contribution in [2.24, 2.45) is 0 Å². The Morgan fingerprint density at radius 2 is 1.88 bits per heavy atom. The molecular formula is C18H17ClF4N2O. The third-order valence-corrected chi connectivity index (χ3v) is 3.92. The predicted molar refractivity (Wildman–Crippen MR) is 92.4 cm³/mol. The summed E-state index contributed by atoms with van der Waals surface area (Å²) >= 11 is 5.64. The Kier molecular flexibility index (Phi) is 6.61. The van der Waals surface area contributed by atoms with E-state index in [4.69, 9.17) is 11.6 Å². The lowest BCUT2D eigenvalue weighted by Gasteiger charge is -2.19. The van der Waals surface area contributed by atoms with Gasteiger partial charge in [-0.2, -0.15) is 13.2 Å². The molecule has 140 valence electrons. The van der Waals surface area contributed by atoms with Crippen LogP contribution in [-0.2, 0) is 17.5 Å². The molecule has 1 amide bonds. The Morgan fingerprint density at radius 1 is 1.19 bits per heavy atom. The summed E-state index contributed by atoms with van der Waals surface area (Å²) in [4.78, 5) is 13.5. The van der Waals surface area contributed by atoms with E-state index in [9.17, 15) is 22.4 Å². The van der Waals surface area contributed by atoms with Gasteiger partial charge >= 0.3 is 6.18 Å². The first-order valence-corrected chi connectivity index (χ1v) is 8.13. The third kappa shape index (κ3) is 5.71. The average Bonchev–Trinajstić information content (AvgIpc) is 2.55. The summed E-state index contributed by atoms with van der Waals surface area (Å²) in [5.74, 6) is -1.10. The van der Waals surface area contributed by atoms with Crippen LogP contribution < -0.4 is 5.32 Å². The van der Waals surface area contributed by atoms with E-state index in [2.05, 4.69) is 5.32 Å². The van der Waals surface area contributed by atoms with Crippen LogP contribution in [0.25, 0.3) is 0 Å². The number of alkyl halides is 3. The van der Waals surface area contributed by atoms with E-state index >= 15 is 0 Å². The molecule has 2 aromatic carbocycles. The van der Waals surface area contributed by atoms with Gasteiger partial charge in [-0.25, -0.2) is 4.39 Å². The quantitative estimate of drug-likeness (QED) is 0.709. The molecule has 0 heterocycles. The summed E-state index contributed by atoms with van der Waals surface area (Å²) < 4.78 is 52.6. The molecule has 0 bridgehead atoms. The first kappa shape index (κ1) is 20.2. The minimum Gasteiger partial charge on any atom is -0.324 e. The highest BCUT2D eigenvalue weighted by Crippen LogP contribution is 2.32. The molecule has 0 radical (unpaired) electrons. The van der Waals surface area contributed by atoms with E-state index in [1.165, 1.54) is 30.3 Å². The number of anilines is 1. The molecule has 0 aliphatic heterocycles. The summed E-state index contributed by atoms with van der Waals surface area (Å²) in [5.41, 5.74) is -0.560. The van der Waals surface area contributed by atoms with Crippen LogP contribution in [0.5, 0.6) is 0 Å². The first-order chi connectivity index (χ1) is 12.2. The summed E-state index contributed by atoms with van der Waals surface area (Å²) in [7, 11) is 1.61. The van der Waals surface area contributed by atoms with Gasteiger partial charge in [-0.3, -0.25) is 4.79 Å². The summed E-state index contributed by atoms with van der Waals surface area (Å²) in [6.07, 6.45) is -4.42. The highest BCUT2D eigenvalue weighted by molar-refractivity contribution is 6.30. The molecule has 0 unspecified atom stereocenters. The fraction of sp³-hybridized carbons (Fsp3) is 0.278. The van der Waals surface area contributed by atoms with Gasteiger partial charge in [-0.15, -0.1) is 0 Å². The van der Waals surface area contributed by atoms with Crippen LogP contribution in [-0.4, -0.2) is 24.4 Å². The maximum Gasteiger partial charge on any atom is 0.416 e. The summed E-state index contributed by atoms with van der Waals surface area (Å²) in [6, 6.07) is 9.17. The van der Waals surface area contributed by atoms with E-state index in [1.54, 1.807) is 11.9 Å². The molecule has 0 aliphatic rings. The lowest BCUT2D eigenvalue weighted by molar-refractivity contribution is -0.138. The van der Waals surface area contributed by atoms with Crippen LogP contribution in [0, 0.1) is 5.82 Å². The van der Waals surface area contributed by atoms with Gasteiger partial charge < -0.3 is 10.2 Å². The number of nitrogens with one attached hydrogen (secondary N) is 1. The molecule has 8 heteroatoms. The van der Waals surface area contributed by atoms with E-state index in [0.717, 1.165) is 12.1 Å². The largest absolute Gasteiger partial charge is 0.416 e. The van der Waals surface area contributed by atoms with Crippen molar-refractivity contribution in [3.63, 3.8) is 0 Å². The molecule has 0 saturated heterocycles. The van der Waals surface area contributed by atoms with Gasteiger partial charge in [0.05, 0.1) is 11.3 Å². The monoisotopic (exact) mass is 388 g/mol. The van der Waals surface area contributed by atoms with Crippen molar-refractivity contribution in [1.82, 2.24) is 4.90 Å². The summed E-state index contributed by atoms with van der Waals surface area (Å²) in [6.45, 7) is 0.255. The normalized spacial score (nSPS) is 11.7. The molecule has 0 saturated carbocycles. The van der Waals surface area contributed by atoms with Crippen LogP contribution in [0.4, 0.5) is 23.2 Å². The van der Waals surface area contributed by atoms with Crippen molar-refractivity contribution in [2.45, 2.75) is 19.1 Å². The van der Waals surface area contributed by atoms with Gasteiger partial charge in [-0.1, -0.05) is 29.8 Å². The number of carbonyl (C=O) groups is 1. The van der Waals surface area contributed by atoms with Crippen LogP contribution in [0.2, 0.25) is 5.02 Å². The van der Waals surface area contributed by atoms with Crippen molar-refractivity contribution in [2.75, 3.05) is 18.9 Å². The fourth-order valence-corrected chi connectivity index (χ4v) is 2.56. The highest BCUT2D eigenvalue weighted by atomic mass is 35.5. The van der Waals surface area contributed by atoms with E-state index in [0.29, 0.717) is 0 Å². The Hall–Kier alpha value is -2.12. The van der Waals surface area contributed by atoms with Crippen molar-refractivity contribution in [3.05, 3.63) is 64.4 Å². The Morgan fingerprint density at radius 3 is 2.54 bits per heavy atom. The number of hydrogen-bond donors (Lipinski definition) is 1. The molecule has 0 aliphatic carbocycles. The zero-order valence-corrected chi connectivity index (χ0v) is 14.7. The third-order valence-electron chi connectivity index (χ3n) is 3.69. The molecule has 0 aromatic heterocycles. The van der Waals surface area contributed by atoms with Crippen molar-refractivity contribution in [3.8, 4) is 0 Å². The van der Waals surface area contributed by atoms with Gasteiger partial charge in [0.1, 0.15) is 5.82 Å². The van der Waals surface area contributed by atoms with E-state index in [1.807, 2.05) is 0 Å². The molecule has 1 N–H and O–H groups in total. The number of hydrogen-bond acceptors (Lipinski definition) is 2. The Labute approximate surface area is 153 Å². The molecule has 2 aromatic rings. The molecule has 0 spiro atoms. The van der Waals surface area contributed by atoms with Crippen LogP contribution in [0.1, 0.15) is 17.5 Å². The average molecular weight is 389 g/mol. The van der Waals surface area contributed by atoms with Crippen LogP contribution >= 0.6 is 11.6 Å². The Balaban J connectivity index is 1.91. The zero-order chi connectivity index (χ0) is 19.3. The minimum absolute atomic E-state index is 0.00414. The number of rotatable bonds is 6. The SMILES string of the molecule is CN(CCC(=O)Nc1ccc(Cl)cc1F)Cc1ccccc1C(F)(F)F. The second-order valence-corrected chi connectivity index (χ2v) is 6.25. The number of amides is 1. The second-order valence-electron chi connectivity index (χ2n) is 5.82. The molecule has 0 fully saturated rings.